The summed E-state index contributed by atoms with van der Waals surface area (Å²) in [6, 6.07) is 12.7. The highest BCUT2D eigenvalue weighted by molar-refractivity contribution is 7.86. The van der Waals surface area contributed by atoms with Crippen LogP contribution in [0, 0.1) is 6.92 Å². The Bertz CT molecular complexity index is 810. The fourth-order valence-electron chi connectivity index (χ4n) is 3.05. The van der Waals surface area contributed by atoms with Gasteiger partial charge in [0.15, 0.2) is 0 Å². The predicted molar refractivity (Wildman–Crippen MR) is 92.9 cm³/mol. The van der Waals surface area contributed by atoms with Crippen molar-refractivity contribution in [3.05, 3.63) is 59.2 Å². The fraction of sp³-hybridized carbons (Fsp3) is 0.368. The first-order chi connectivity index (χ1) is 11.5. The topological polar surface area (TPSA) is 52.6 Å². The Labute approximate surface area is 143 Å². The lowest BCUT2D eigenvalue weighted by atomic mass is 10.0. The SMILES string of the molecule is COc1ccc2c(c1)C[C@H](OS(=O)(=O)c1ccc(C)cc1)CCC2. The maximum absolute atomic E-state index is 12.5. The Kier molecular flexibility index (Phi) is 4.92. The van der Waals surface area contributed by atoms with E-state index in [0.29, 0.717) is 6.42 Å². The minimum atomic E-state index is -3.74. The molecule has 1 aliphatic carbocycles. The van der Waals surface area contributed by atoms with Gasteiger partial charge in [0.25, 0.3) is 10.1 Å². The summed E-state index contributed by atoms with van der Waals surface area (Å²) in [5.74, 6) is 0.788. The average Bonchev–Trinajstić information content (AvgIpc) is 2.75. The number of fused-ring (bicyclic) bond motifs is 1. The molecule has 0 aromatic heterocycles. The van der Waals surface area contributed by atoms with Crippen LogP contribution in [0.15, 0.2) is 47.4 Å². The fourth-order valence-corrected chi connectivity index (χ4v) is 4.16. The van der Waals surface area contributed by atoms with Crippen LogP contribution in [0.3, 0.4) is 0 Å². The largest absolute Gasteiger partial charge is 0.497 e. The van der Waals surface area contributed by atoms with Crippen LogP contribution >= 0.6 is 0 Å². The van der Waals surface area contributed by atoms with Gasteiger partial charge in [0.05, 0.1) is 18.1 Å². The minimum absolute atomic E-state index is 0.211. The standard InChI is InChI=1S/C19H22O4S/c1-14-6-10-19(11-7-14)24(20,21)23-18-5-3-4-15-8-9-17(22-2)12-16(15)13-18/h6-12,18H,3-5,13H2,1-2H3/t18-/m1/s1. The number of ether oxygens (including phenoxy) is 1. The second kappa shape index (κ2) is 6.95. The Morgan fingerprint density at radius 2 is 1.79 bits per heavy atom. The van der Waals surface area contributed by atoms with Gasteiger partial charge >= 0.3 is 0 Å². The lowest BCUT2D eigenvalue weighted by Gasteiger charge is -2.16. The molecule has 128 valence electrons. The van der Waals surface area contributed by atoms with Gasteiger partial charge in [-0.2, -0.15) is 8.42 Å². The molecule has 0 heterocycles. The van der Waals surface area contributed by atoms with E-state index in [4.69, 9.17) is 8.92 Å². The minimum Gasteiger partial charge on any atom is -0.497 e. The summed E-state index contributed by atoms with van der Waals surface area (Å²) in [6.45, 7) is 1.92. The predicted octanol–water partition coefficient (Wildman–Crippen LogP) is 3.66. The molecular formula is C19H22O4S. The molecule has 4 nitrogen and oxygen atoms in total. The van der Waals surface area contributed by atoms with Crippen molar-refractivity contribution in [1.82, 2.24) is 0 Å². The molecule has 0 spiro atoms. The van der Waals surface area contributed by atoms with Crippen LogP contribution in [0.1, 0.15) is 29.5 Å². The summed E-state index contributed by atoms with van der Waals surface area (Å²) < 4.78 is 35.8. The van der Waals surface area contributed by atoms with Crippen molar-refractivity contribution in [3.63, 3.8) is 0 Å². The summed E-state index contributed by atoms with van der Waals surface area (Å²) in [6.07, 6.45) is 2.81. The van der Waals surface area contributed by atoms with Gasteiger partial charge in [-0.15, -0.1) is 0 Å². The summed E-state index contributed by atoms with van der Waals surface area (Å²) >= 11 is 0. The van der Waals surface area contributed by atoms with Crippen LogP contribution in [-0.4, -0.2) is 21.6 Å². The molecule has 3 rings (SSSR count). The van der Waals surface area contributed by atoms with Crippen LogP contribution in [0.25, 0.3) is 0 Å². The Balaban J connectivity index is 1.80. The van der Waals surface area contributed by atoms with Gasteiger partial charge in [-0.25, -0.2) is 0 Å². The number of benzene rings is 2. The van der Waals surface area contributed by atoms with E-state index < -0.39 is 10.1 Å². The van der Waals surface area contributed by atoms with Crippen molar-refractivity contribution in [2.45, 2.75) is 43.6 Å². The van der Waals surface area contributed by atoms with E-state index >= 15 is 0 Å². The number of hydrogen-bond acceptors (Lipinski definition) is 4. The molecule has 24 heavy (non-hydrogen) atoms. The quantitative estimate of drug-likeness (QED) is 0.626. The van der Waals surface area contributed by atoms with Gasteiger partial charge in [0.2, 0.25) is 0 Å². The Morgan fingerprint density at radius 3 is 2.50 bits per heavy atom. The van der Waals surface area contributed by atoms with E-state index in [0.717, 1.165) is 36.1 Å². The molecule has 0 aliphatic heterocycles. The zero-order valence-corrected chi connectivity index (χ0v) is 14.8. The summed E-state index contributed by atoms with van der Waals surface area (Å²) in [7, 11) is -2.11. The lowest BCUT2D eigenvalue weighted by Crippen LogP contribution is -2.20. The highest BCUT2D eigenvalue weighted by Gasteiger charge is 2.25. The van der Waals surface area contributed by atoms with Crippen LogP contribution in [0.2, 0.25) is 0 Å². The van der Waals surface area contributed by atoms with Crippen LogP contribution < -0.4 is 4.74 Å². The van der Waals surface area contributed by atoms with Crippen LogP contribution in [-0.2, 0) is 27.1 Å². The van der Waals surface area contributed by atoms with E-state index in [1.165, 1.54) is 5.56 Å². The highest BCUT2D eigenvalue weighted by atomic mass is 32.2. The molecule has 0 saturated heterocycles. The molecular weight excluding hydrogens is 324 g/mol. The zero-order valence-electron chi connectivity index (χ0n) is 14.0. The van der Waals surface area contributed by atoms with E-state index in [2.05, 4.69) is 6.07 Å². The van der Waals surface area contributed by atoms with Gasteiger partial charge in [0.1, 0.15) is 5.75 Å². The third kappa shape index (κ3) is 3.79. The van der Waals surface area contributed by atoms with Crippen molar-refractivity contribution in [1.29, 1.82) is 0 Å². The molecule has 0 radical (unpaired) electrons. The molecule has 0 fully saturated rings. The van der Waals surface area contributed by atoms with E-state index in [1.807, 2.05) is 19.1 Å². The number of aryl methyl sites for hydroxylation is 2. The molecule has 0 N–H and O–H groups in total. The maximum atomic E-state index is 12.5. The molecule has 1 atom stereocenters. The smallest absolute Gasteiger partial charge is 0.297 e. The van der Waals surface area contributed by atoms with Gasteiger partial charge in [0, 0.05) is 6.42 Å². The summed E-state index contributed by atoms with van der Waals surface area (Å²) in [4.78, 5) is 0.211. The number of methoxy groups -OCH3 is 1. The molecule has 5 heteroatoms. The zero-order chi connectivity index (χ0) is 17.2. The van der Waals surface area contributed by atoms with E-state index in [1.54, 1.807) is 31.4 Å². The third-order valence-corrected chi connectivity index (χ3v) is 5.78. The first-order valence-corrected chi connectivity index (χ1v) is 9.54. The molecule has 2 aromatic carbocycles. The third-order valence-electron chi connectivity index (χ3n) is 4.41. The Hall–Kier alpha value is -1.85. The van der Waals surface area contributed by atoms with Crippen molar-refractivity contribution < 1.29 is 17.3 Å². The van der Waals surface area contributed by atoms with Gasteiger partial charge in [-0.3, -0.25) is 4.18 Å². The van der Waals surface area contributed by atoms with E-state index in [-0.39, 0.29) is 11.0 Å². The number of hydrogen-bond donors (Lipinski definition) is 0. The molecule has 0 bridgehead atoms. The van der Waals surface area contributed by atoms with E-state index in [9.17, 15) is 8.42 Å². The van der Waals surface area contributed by atoms with Crippen molar-refractivity contribution in [2.75, 3.05) is 7.11 Å². The monoisotopic (exact) mass is 346 g/mol. The first-order valence-electron chi connectivity index (χ1n) is 8.14. The highest BCUT2D eigenvalue weighted by Crippen LogP contribution is 2.28. The van der Waals surface area contributed by atoms with Crippen LogP contribution in [0.5, 0.6) is 5.75 Å². The molecule has 0 amide bonds. The normalized spacial score (nSPS) is 17.8. The molecule has 0 saturated carbocycles. The van der Waals surface area contributed by atoms with Crippen LogP contribution in [0.4, 0.5) is 0 Å². The second-order valence-electron chi connectivity index (χ2n) is 6.22. The lowest BCUT2D eigenvalue weighted by molar-refractivity contribution is 0.199. The van der Waals surface area contributed by atoms with Gasteiger partial charge in [-0.1, -0.05) is 23.8 Å². The van der Waals surface area contributed by atoms with Crippen molar-refractivity contribution in [2.24, 2.45) is 0 Å². The van der Waals surface area contributed by atoms with Gasteiger partial charge in [-0.05, 0) is 61.6 Å². The average molecular weight is 346 g/mol. The van der Waals surface area contributed by atoms with Crippen molar-refractivity contribution >= 4 is 10.1 Å². The van der Waals surface area contributed by atoms with Crippen molar-refractivity contribution in [3.8, 4) is 5.75 Å². The molecule has 0 unspecified atom stereocenters. The summed E-state index contributed by atoms with van der Waals surface area (Å²) in [5, 5.41) is 0. The molecule has 1 aliphatic rings. The second-order valence-corrected chi connectivity index (χ2v) is 7.79. The first kappa shape index (κ1) is 17.0. The maximum Gasteiger partial charge on any atom is 0.297 e. The molecule has 2 aromatic rings. The summed E-state index contributed by atoms with van der Waals surface area (Å²) in [5.41, 5.74) is 3.37. The van der Waals surface area contributed by atoms with Gasteiger partial charge < -0.3 is 4.74 Å². The Morgan fingerprint density at radius 1 is 1.04 bits per heavy atom. The number of rotatable bonds is 4.